The zero-order chi connectivity index (χ0) is 15.1. The molecule has 1 fully saturated rings. The van der Waals surface area contributed by atoms with E-state index in [0.717, 1.165) is 42.9 Å². The lowest BCUT2D eigenvalue weighted by atomic mass is 10.1. The van der Waals surface area contributed by atoms with Crippen molar-refractivity contribution in [3.05, 3.63) is 23.8 Å². The predicted octanol–water partition coefficient (Wildman–Crippen LogP) is 2.44. The Bertz CT molecular complexity index is 471. The molecular weight excluding hydrogens is 268 g/mol. The Hall–Kier alpha value is -1.59. The summed E-state index contributed by atoms with van der Waals surface area (Å²) < 4.78 is 11.0. The topological polar surface area (TPSA) is 73.6 Å². The number of amides is 1. The van der Waals surface area contributed by atoms with Crippen LogP contribution in [0.25, 0.3) is 0 Å². The van der Waals surface area contributed by atoms with Crippen molar-refractivity contribution in [1.29, 1.82) is 0 Å². The van der Waals surface area contributed by atoms with Gasteiger partial charge in [-0.05, 0) is 44.4 Å². The lowest BCUT2D eigenvalue weighted by Crippen LogP contribution is -2.15. The lowest BCUT2D eigenvalue weighted by Gasteiger charge is -2.12. The Morgan fingerprint density at radius 2 is 2.38 bits per heavy atom. The molecule has 1 aromatic carbocycles. The van der Waals surface area contributed by atoms with Gasteiger partial charge in [-0.25, -0.2) is 0 Å². The molecule has 1 unspecified atom stereocenters. The molecule has 0 bridgehead atoms. The van der Waals surface area contributed by atoms with E-state index in [1.54, 1.807) is 0 Å². The van der Waals surface area contributed by atoms with Gasteiger partial charge in [-0.3, -0.25) is 4.79 Å². The molecule has 1 aliphatic heterocycles. The standard InChI is InChI=1S/C16H24N2O3/c1-2-20-15-7-5-13(10-12(15)11-17)18-16(19)8-6-14-4-3-9-21-14/h5,7,10,14H,2-4,6,8-9,11,17H2,1H3,(H,18,19). The van der Waals surface area contributed by atoms with Gasteiger partial charge < -0.3 is 20.5 Å². The second-order valence-corrected chi connectivity index (χ2v) is 5.18. The minimum absolute atomic E-state index is 0.0117. The number of carbonyl (C=O) groups excluding carboxylic acids is 1. The normalized spacial score (nSPS) is 17.7. The summed E-state index contributed by atoms with van der Waals surface area (Å²) in [6.45, 7) is 3.74. The van der Waals surface area contributed by atoms with Crippen LogP contribution in [-0.2, 0) is 16.1 Å². The lowest BCUT2D eigenvalue weighted by molar-refractivity contribution is -0.116. The SMILES string of the molecule is CCOc1ccc(NC(=O)CCC2CCCO2)cc1CN. The van der Waals surface area contributed by atoms with Crippen LogP contribution in [0, 0.1) is 0 Å². The first-order valence-electron chi connectivity index (χ1n) is 7.60. The van der Waals surface area contributed by atoms with Gasteiger partial charge in [0.15, 0.2) is 0 Å². The molecule has 5 heteroatoms. The molecule has 1 atom stereocenters. The molecule has 0 aliphatic carbocycles. The number of nitrogens with two attached hydrogens (primary N) is 1. The van der Waals surface area contributed by atoms with Crippen molar-refractivity contribution in [3.63, 3.8) is 0 Å². The van der Waals surface area contributed by atoms with E-state index < -0.39 is 0 Å². The van der Waals surface area contributed by atoms with Gasteiger partial charge in [-0.2, -0.15) is 0 Å². The van der Waals surface area contributed by atoms with Crippen molar-refractivity contribution in [3.8, 4) is 5.75 Å². The van der Waals surface area contributed by atoms with Gasteiger partial charge in [-0.15, -0.1) is 0 Å². The van der Waals surface area contributed by atoms with Gasteiger partial charge in [0.25, 0.3) is 0 Å². The molecule has 1 aliphatic rings. The highest BCUT2D eigenvalue weighted by Crippen LogP contribution is 2.23. The van der Waals surface area contributed by atoms with Gasteiger partial charge in [0.05, 0.1) is 12.7 Å². The number of anilines is 1. The highest BCUT2D eigenvalue weighted by molar-refractivity contribution is 5.90. The average molecular weight is 292 g/mol. The Balaban J connectivity index is 1.87. The molecule has 3 N–H and O–H groups in total. The van der Waals surface area contributed by atoms with Gasteiger partial charge in [0.1, 0.15) is 5.75 Å². The van der Waals surface area contributed by atoms with E-state index in [1.807, 2.05) is 25.1 Å². The Morgan fingerprint density at radius 1 is 1.52 bits per heavy atom. The van der Waals surface area contributed by atoms with Crippen molar-refractivity contribution in [2.45, 2.75) is 45.3 Å². The summed E-state index contributed by atoms with van der Waals surface area (Å²) >= 11 is 0. The van der Waals surface area contributed by atoms with Crippen LogP contribution in [0.15, 0.2) is 18.2 Å². The third-order valence-electron chi connectivity index (χ3n) is 3.58. The van der Waals surface area contributed by atoms with Crippen LogP contribution >= 0.6 is 0 Å². The Labute approximate surface area is 125 Å². The summed E-state index contributed by atoms with van der Waals surface area (Å²) in [6, 6.07) is 5.56. The van der Waals surface area contributed by atoms with Crippen LogP contribution in [0.5, 0.6) is 5.75 Å². The first-order chi connectivity index (χ1) is 10.2. The highest BCUT2D eigenvalue weighted by atomic mass is 16.5. The molecule has 0 aromatic heterocycles. The molecule has 1 amide bonds. The minimum Gasteiger partial charge on any atom is -0.494 e. The molecular formula is C16H24N2O3. The number of rotatable bonds is 7. The summed E-state index contributed by atoms with van der Waals surface area (Å²) in [5.41, 5.74) is 7.37. The molecule has 2 rings (SSSR count). The summed E-state index contributed by atoms with van der Waals surface area (Å²) in [5, 5.41) is 2.90. The Morgan fingerprint density at radius 3 is 3.05 bits per heavy atom. The van der Waals surface area contributed by atoms with Crippen molar-refractivity contribution in [1.82, 2.24) is 0 Å². The van der Waals surface area contributed by atoms with Crippen LogP contribution in [0.2, 0.25) is 0 Å². The second kappa shape index (κ2) is 8.00. The maximum Gasteiger partial charge on any atom is 0.224 e. The minimum atomic E-state index is 0.0117. The van der Waals surface area contributed by atoms with Crippen LogP contribution in [-0.4, -0.2) is 25.2 Å². The number of hydrogen-bond acceptors (Lipinski definition) is 4. The predicted molar refractivity (Wildman–Crippen MR) is 82.3 cm³/mol. The molecule has 1 heterocycles. The first-order valence-corrected chi connectivity index (χ1v) is 7.60. The summed E-state index contributed by atoms with van der Waals surface area (Å²) in [6.07, 6.45) is 3.68. The van der Waals surface area contributed by atoms with E-state index >= 15 is 0 Å². The van der Waals surface area contributed by atoms with Crippen LogP contribution in [0.3, 0.4) is 0 Å². The fraction of sp³-hybridized carbons (Fsp3) is 0.562. The number of hydrogen-bond donors (Lipinski definition) is 2. The molecule has 0 saturated carbocycles. The third-order valence-corrected chi connectivity index (χ3v) is 3.58. The molecule has 0 spiro atoms. The second-order valence-electron chi connectivity index (χ2n) is 5.18. The van der Waals surface area contributed by atoms with Crippen LogP contribution < -0.4 is 15.8 Å². The number of nitrogens with one attached hydrogen (secondary N) is 1. The largest absolute Gasteiger partial charge is 0.494 e. The summed E-state index contributed by atoms with van der Waals surface area (Å²) in [4.78, 5) is 12.0. The van der Waals surface area contributed by atoms with E-state index in [0.29, 0.717) is 19.6 Å². The molecule has 5 nitrogen and oxygen atoms in total. The van der Waals surface area contributed by atoms with E-state index in [-0.39, 0.29) is 12.0 Å². The molecule has 1 aromatic rings. The van der Waals surface area contributed by atoms with Gasteiger partial charge >= 0.3 is 0 Å². The average Bonchev–Trinajstić information content (AvgIpc) is 3.00. The summed E-state index contributed by atoms with van der Waals surface area (Å²) in [7, 11) is 0. The zero-order valence-corrected chi connectivity index (χ0v) is 12.6. The van der Waals surface area contributed by atoms with E-state index in [9.17, 15) is 4.79 Å². The molecule has 1 saturated heterocycles. The van der Waals surface area contributed by atoms with Crippen LogP contribution in [0.4, 0.5) is 5.69 Å². The van der Waals surface area contributed by atoms with Crippen molar-refractivity contribution in [2.75, 3.05) is 18.5 Å². The highest BCUT2D eigenvalue weighted by Gasteiger charge is 2.16. The monoisotopic (exact) mass is 292 g/mol. The quantitative estimate of drug-likeness (QED) is 0.809. The number of carbonyl (C=O) groups is 1. The maximum absolute atomic E-state index is 12.0. The number of benzene rings is 1. The fourth-order valence-electron chi connectivity index (χ4n) is 2.50. The van der Waals surface area contributed by atoms with E-state index in [4.69, 9.17) is 15.2 Å². The van der Waals surface area contributed by atoms with E-state index in [1.165, 1.54) is 0 Å². The fourth-order valence-corrected chi connectivity index (χ4v) is 2.50. The first kappa shape index (κ1) is 15.8. The molecule has 116 valence electrons. The van der Waals surface area contributed by atoms with Gasteiger partial charge in [0.2, 0.25) is 5.91 Å². The van der Waals surface area contributed by atoms with Crippen LogP contribution in [0.1, 0.15) is 38.2 Å². The molecule has 0 radical (unpaired) electrons. The van der Waals surface area contributed by atoms with Crippen molar-refractivity contribution in [2.24, 2.45) is 5.73 Å². The summed E-state index contributed by atoms with van der Waals surface area (Å²) in [5.74, 6) is 0.787. The zero-order valence-electron chi connectivity index (χ0n) is 12.6. The van der Waals surface area contributed by atoms with E-state index in [2.05, 4.69) is 5.32 Å². The van der Waals surface area contributed by atoms with Crippen molar-refractivity contribution < 1.29 is 14.3 Å². The van der Waals surface area contributed by atoms with Gasteiger partial charge in [0, 0.05) is 30.8 Å². The van der Waals surface area contributed by atoms with Gasteiger partial charge in [-0.1, -0.05) is 0 Å². The third kappa shape index (κ3) is 4.72. The maximum atomic E-state index is 12.0. The molecule has 21 heavy (non-hydrogen) atoms. The Kier molecular flexibility index (Phi) is 6.02. The number of ether oxygens (including phenoxy) is 2. The van der Waals surface area contributed by atoms with Crippen molar-refractivity contribution >= 4 is 11.6 Å². The smallest absolute Gasteiger partial charge is 0.224 e.